The average Bonchev–Trinajstić information content (AvgIpc) is 2.28. The maximum absolute atomic E-state index is 11.4. The summed E-state index contributed by atoms with van der Waals surface area (Å²) in [5.74, 6) is -0.157. The van der Waals surface area contributed by atoms with E-state index in [4.69, 9.17) is 4.74 Å². The molecule has 0 aromatic heterocycles. The largest absolute Gasteiger partial charge is 0.469 e. The third kappa shape index (κ3) is 3.41. The number of carbonyl (C=O) groups is 1. The van der Waals surface area contributed by atoms with Crippen LogP contribution in [0.15, 0.2) is 4.99 Å². The van der Waals surface area contributed by atoms with Crippen molar-refractivity contribution in [1.82, 2.24) is 4.90 Å². The molecule has 0 radical (unpaired) electrons. The molecular formula is C10H18N2O2S. The molecule has 0 aromatic rings. The van der Waals surface area contributed by atoms with Crippen molar-refractivity contribution in [2.75, 3.05) is 26.7 Å². The summed E-state index contributed by atoms with van der Waals surface area (Å²) in [6.45, 7) is 4.29. The molecule has 15 heavy (non-hydrogen) atoms. The van der Waals surface area contributed by atoms with Gasteiger partial charge in [-0.3, -0.25) is 9.79 Å². The summed E-state index contributed by atoms with van der Waals surface area (Å²) < 4.78 is 4.75. The Bertz CT molecular complexity index is 256. The van der Waals surface area contributed by atoms with E-state index in [9.17, 15) is 4.79 Å². The fourth-order valence-corrected chi connectivity index (χ4v) is 2.08. The van der Waals surface area contributed by atoms with Crippen molar-refractivity contribution < 1.29 is 9.53 Å². The van der Waals surface area contributed by atoms with Crippen LogP contribution in [-0.4, -0.2) is 42.8 Å². The van der Waals surface area contributed by atoms with Crippen LogP contribution in [0.25, 0.3) is 0 Å². The number of hydrogen-bond donors (Lipinski definition) is 1. The highest BCUT2D eigenvalue weighted by Crippen LogP contribution is 2.18. The molecule has 0 aliphatic carbocycles. The molecule has 1 aliphatic rings. The smallest absolute Gasteiger partial charge is 0.310 e. The van der Waals surface area contributed by atoms with Crippen molar-refractivity contribution >= 4 is 23.8 Å². The molecule has 1 heterocycles. The van der Waals surface area contributed by atoms with Crippen LogP contribution >= 0.6 is 12.6 Å². The number of nitrogens with zero attached hydrogens (tertiary/aromatic N) is 2. The SMILES string of the molecule is CC/N=C(\S)N1CCCC(C(=O)OC)C1. The van der Waals surface area contributed by atoms with Gasteiger partial charge in [0.05, 0.1) is 13.0 Å². The summed E-state index contributed by atoms with van der Waals surface area (Å²) in [7, 11) is 1.43. The van der Waals surface area contributed by atoms with E-state index in [2.05, 4.69) is 17.6 Å². The van der Waals surface area contributed by atoms with Gasteiger partial charge < -0.3 is 9.64 Å². The highest BCUT2D eigenvalue weighted by atomic mass is 32.1. The number of likely N-dealkylation sites (tertiary alicyclic amines) is 1. The Morgan fingerprint density at radius 3 is 3.00 bits per heavy atom. The van der Waals surface area contributed by atoms with Gasteiger partial charge in [0.1, 0.15) is 0 Å². The molecular weight excluding hydrogens is 212 g/mol. The number of thiol groups is 1. The average molecular weight is 230 g/mol. The van der Waals surface area contributed by atoms with Crippen LogP contribution in [0.4, 0.5) is 0 Å². The molecule has 86 valence electrons. The van der Waals surface area contributed by atoms with Gasteiger partial charge in [0.2, 0.25) is 0 Å². The minimum absolute atomic E-state index is 0.0297. The Hall–Kier alpha value is -0.710. The molecule has 1 aliphatic heterocycles. The lowest BCUT2D eigenvalue weighted by molar-refractivity contribution is -0.146. The molecule has 0 aromatic carbocycles. The van der Waals surface area contributed by atoms with Crippen LogP contribution in [0.3, 0.4) is 0 Å². The van der Waals surface area contributed by atoms with Crippen LogP contribution in [0.5, 0.6) is 0 Å². The quantitative estimate of drug-likeness (QED) is 0.335. The van der Waals surface area contributed by atoms with Crippen LogP contribution in [-0.2, 0) is 9.53 Å². The summed E-state index contributed by atoms with van der Waals surface area (Å²) in [6, 6.07) is 0. The lowest BCUT2D eigenvalue weighted by atomic mass is 9.99. The number of methoxy groups -OCH3 is 1. The zero-order chi connectivity index (χ0) is 11.3. The molecule has 1 rings (SSSR count). The van der Waals surface area contributed by atoms with Crippen LogP contribution in [0.2, 0.25) is 0 Å². The first-order valence-corrected chi connectivity index (χ1v) is 5.70. The molecule has 1 fully saturated rings. The maximum atomic E-state index is 11.4. The second kappa shape index (κ2) is 6.00. The Morgan fingerprint density at radius 2 is 2.40 bits per heavy atom. The van der Waals surface area contributed by atoms with Gasteiger partial charge in [-0.05, 0) is 19.8 Å². The van der Waals surface area contributed by atoms with Crippen molar-refractivity contribution in [2.24, 2.45) is 10.9 Å². The third-order valence-corrected chi connectivity index (χ3v) is 2.96. The van der Waals surface area contributed by atoms with E-state index < -0.39 is 0 Å². The number of carbonyl (C=O) groups excluding carboxylic acids is 1. The van der Waals surface area contributed by atoms with E-state index in [1.165, 1.54) is 7.11 Å². The molecule has 1 saturated heterocycles. The second-order valence-electron chi connectivity index (χ2n) is 3.58. The monoisotopic (exact) mass is 230 g/mol. The molecule has 4 nitrogen and oxygen atoms in total. The number of aliphatic imine (C=N–C) groups is 1. The van der Waals surface area contributed by atoms with Crippen LogP contribution in [0, 0.1) is 5.92 Å². The molecule has 1 atom stereocenters. The maximum Gasteiger partial charge on any atom is 0.310 e. The van der Waals surface area contributed by atoms with Gasteiger partial charge in [0.15, 0.2) is 5.17 Å². The van der Waals surface area contributed by atoms with E-state index in [0.717, 1.165) is 31.1 Å². The van der Waals surface area contributed by atoms with E-state index in [0.29, 0.717) is 6.54 Å². The molecule has 0 N–H and O–H groups in total. The van der Waals surface area contributed by atoms with Crippen molar-refractivity contribution in [3.63, 3.8) is 0 Å². The van der Waals surface area contributed by atoms with E-state index in [1.54, 1.807) is 0 Å². The minimum atomic E-state index is -0.127. The lowest BCUT2D eigenvalue weighted by Gasteiger charge is -2.31. The first-order chi connectivity index (χ1) is 7.19. The Morgan fingerprint density at radius 1 is 1.67 bits per heavy atom. The molecule has 1 unspecified atom stereocenters. The Labute approximate surface area is 96.1 Å². The van der Waals surface area contributed by atoms with Crippen molar-refractivity contribution in [1.29, 1.82) is 0 Å². The van der Waals surface area contributed by atoms with E-state index in [1.807, 2.05) is 11.8 Å². The molecule has 0 amide bonds. The minimum Gasteiger partial charge on any atom is -0.469 e. The summed E-state index contributed by atoms with van der Waals surface area (Å²) in [5, 5.41) is 0.728. The van der Waals surface area contributed by atoms with Gasteiger partial charge in [0, 0.05) is 19.6 Å². The predicted molar refractivity (Wildman–Crippen MR) is 63.3 cm³/mol. The highest BCUT2D eigenvalue weighted by Gasteiger charge is 2.27. The number of piperidine rings is 1. The van der Waals surface area contributed by atoms with Crippen LogP contribution < -0.4 is 0 Å². The van der Waals surface area contributed by atoms with Crippen LogP contribution in [0.1, 0.15) is 19.8 Å². The topological polar surface area (TPSA) is 41.9 Å². The first-order valence-electron chi connectivity index (χ1n) is 5.25. The normalized spacial score (nSPS) is 22.7. The zero-order valence-electron chi connectivity index (χ0n) is 9.27. The third-order valence-electron chi connectivity index (χ3n) is 2.54. The molecule has 0 spiro atoms. The van der Waals surface area contributed by atoms with Gasteiger partial charge in [-0.1, -0.05) is 0 Å². The predicted octanol–water partition coefficient (Wildman–Crippen LogP) is 1.18. The number of esters is 1. The summed E-state index contributed by atoms with van der Waals surface area (Å²) in [4.78, 5) is 17.6. The zero-order valence-corrected chi connectivity index (χ0v) is 10.2. The van der Waals surface area contributed by atoms with Gasteiger partial charge in [-0.25, -0.2) is 0 Å². The Kier molecular flexibility index (Phi) is 4.94. The fourth-order valence-electron chi connectivity index (χ4n) is 1.76. The summed E-state index contributed by atoms with van der Waals surface area (Å²) in [6.07, 6.45) is 1.89. The standard InChI is InChI=1S/C10H18N2O2S/c1-3-11-10(15)12-6-4-5-8(7-12)9(13)14-2/h8H,3-7H2,1-2H3,(H,11,15). The summed E-state index contributed by atoms with van der Waals surface area (Å²) in [5.41, 5.74) is 0. The van der Waals surface area contributed by atoms with E-state index >= 15 is 0 Å². The van der Waals surface area contributed by atoms with Crippen molar-refractivity contribution in [3.8, 4) is 0 Å². The number of rotatable bonds is 2. The molecule has 5 heteroatoms. The number of amidine groups is 1. The van der Waals surface area contributed by atoms with Gasteiger partial charge in [-0.15, -0.1) is 12.6 Å². The van der Waals surface area contributed by atoms with Crippen molar-refractivity contribution in [2.45, 2.75) is 19.8 Å². The Balaban J connectivity index is 2.56. The van der Waals surface area contributed by atoms with Gasteiger partial charge >= 0.3 is 5.97 Å². The fraction of sp³-hybridized carbons (Fsp3) is 0.800. The number of hydrogen-bond acceptors (Lipinski definition) is 3. The number of ether oxygens (including phenoxy) is 1. The molecule has 0 saturated carbocycles. The lowest BCUT2D eigenvalue weighted by Crippen LogP contribution is -2.41. The summed E-state index contributed by atoms with van der Waals surface area (Å²) >= 11 is 4.32. The second-order valence-corrected chi connectivity index (χ2v) is 3.98. The van der Waals surface area contributed by atoms with Crippen molar-refractivity contribution in [3.05, 3.63) is 0 Å². The van der Waals surface area contributed by atoms with Gasteiger partial charge in [-0.2, -0.15) is 0 Å². The van der Waals surface area contributed by atoms with Gasteiger partial charge in [0.25, 0.3) is 0 Å². The van der Waals surface area contributed by atoms with E-state index in [-0.39, 0.29) is 11.9 Å². The first kappa shape index (κ1) is 12.4. The highest BCUT2D eigenvalue weighted by molar-refractivity contribution is 7.96. The molecule has 0 bridgehead atoms.